The molecule has 0 spiro atoms. The van der Waals surface area contributed by atoms with Crippen LogP contribution in [0.15, 0.2) is 24.3 Å². The fourth-order valence-electron chi connectivity index (χ4n) is 3.11. The summed E-state index contributed by atoms with van der Waals surface area (Å²) in [6.45, 7) is 4.04. The quantitative estimate of drug-likeness (QED) is 0.905. The first-order valence-corrected chi connectivity index (χ1v) is 7.56. The highest BCUT2D eigenvalue weighted by Crippen LogP contribution is 2.26. The van der Waals surface area contributed by atoms with E-state index < -0.39 is 0 Å². The largest absolute Gasteiger partial charge is 0.367 e. The predicted octanol–water partition coefficient (Wildman–Crippen LogP) is 1.87. The Bertz CT molecular complexity index is 500. The number of carbonyl (C=O) groups excluding carboxylic acids is 1. The third-order valence-electron chi connectivity index (χ3n) is 4.17. The summed E-state index contributed by atoms with van der Waals surface area (Å²) in [5, 5.41) is 3.25. The molecule has 2 saturated heterocycles. The zero-order valence-corrected chi connectivity index (χ0v) is 12.2. The second kappa shape index (κ2) is 6.12. The molecule has 4 nitrogen and oxygen atoms in total. The van der Waals surface area contributed by atoms with Gasteiger partial charge in [-0.05, 0) is 44.0 Å². The Kier molecular flexibility index (Phi) is 4.22. The minimum absolute atomic E-state index is 0.0147. The fourth-order valence-corrected chi connectivity index (χ4v) is 3.11. The molecule has 2 aliphatic heterocycles. The molecule has 3 rings (SSSR count). The molecule has 21 heavy (non-hydrogen) atoms. The van der Waals surface area contributed by atoms with Crippen LogP contribution in [-0.4, -0.2) is 42.6 Å². The number of nitrogens with one attached hydrogen (secondary N) is 1. The predicted molar refractivity (Wildman–Crippen MR) is 77.3 cm³/mol. The maximum Gasteiger partial charge on any atom is 0.239 e. The van der Waals surface area contributed by atoms with E-state index in [-0.39, 0.29) is 30.0 Å². The van der Waals surface area contributed by atoms with Crippen molar-refractivity contribution in [2.45, 2.75) is 38.0 Å². The monoisotopic (exact) mass is 292 g/mol. The van der Waals surface area contributed by atoms with E-state index in [2.05, 4.69) is 5.32 Å². The van der Waals surface area contributed by atoms with Crippen LogP contribution in [0.5, 0.6) is 0 Å². The van der Waals surface area contributed by atoms with E-state index in [1.807, 2.05) is 11.8 Å². The third-order valence-corrected chi connectivity index (χ3v) is 4.17. The van der Waals surface area contributed by atoms with Crippen LogP contribution in [-0.2, 0) is 9.53 Å². The van der Waals surface area contributed by atoms with Crippen LogP contribution in [0.2, 0.25) is 0 Å². The highest BCUT2D eigenvalue weighted by Gasteiger charge is 2.33. The minimum Gasteiger partial charge on any atom is -0.367 e. The molecule has 1 amide bonds. The van der Waals surface area contributed by atoms with Crippen LogP contribution in [0.3, 0.4) is 0 Å². The van der Waals surface area contributed by atoms with Gasteiger partial charge >= 0.3 is 0 Å². The zero-order valence-electron chi connectivity index (χ0n) is 12.2. The van der Waals surface area contributed by atoms with Crippen molar-refractivity contribution in [3.05, 3.63) is 35.6 Å². The lowest BCUT2D eigenvalue weighted by Crippen LogP contribution is -2.51. The number of benzene rings is 1. The Morgan fingerprint density at radius 1 is 1.33 bits per heavy atom. The standard InChI is InChI=1S/C16H21FN2O2/c1-11-9-19(16(20)14-3-2-8-18-14)10-15(21-11)12-4-6-13(17)7-5-12/h4-7,11,14-15,18H,2-3,8-10H2,1H3/t11-,14-,15-/m1/s1. The van der Waals surface area contributed by atoms with Crippen LogP contribution in [0.25, 0.3) is 0 Å². The van der Waals surface area contributed by atoms with E-state index in [0.29, 0.717) is 13.1 Å². The lowest BCUT2D eigenvalue weighted by molar-refractivity contribution is -0.146. The topological polar surface area (TPSA) is 41.6 Å². The normalized spacial score (nSPS) is 29.6. The zero-order chi connectivity index (χ0) is 14.8. The van der Waals surface area contributed by atoms with E-state index >= 15 is 0 Å². The number of nitrogens with zero attached hydrogens (tertiary/aromatic N) is 1. The number of morpholine rings is 1. The van der Waals surface area contributed by atoms with Crippen molar-refractivity contribution in [1.82, 2.24) is 10.2 Å². The van der Waals surface area contributed by atoms with Crippen LogP contribution >= 0.6 is 0 Å². The highest BCUT2D eigenvalue weighted by molar-refractivity contribution is 5.82. The maximum atomic E-state index is 13.0. The van der Waals surface area contributed by atoms with E-state index in [1.165, 1.54) is 12.1 Å². The van der Waals surface area contributed by atoms with Crippen LogP contribution < -0.4 is 5.32 Å². The SMILES string of the molecule is C[C@@H]1CN(C(=O)[C@H]2CCCN2)C[C@H](c2ccc(F)cc2)O1. The third kappa shape index (κ3) is 3.24. The van der Waals surface area contributed by atoms with Gasteiger partial charge in [0.2, 0.25) is 5.91 Å². The maximum absolute atomic E-state index is 13.0. The molecule has 3 atom stereocenters. The highest BCUT2D eigenvalue weighted by atomic mass is 19.1. The van der Waals surface area contributed by atoms with Gasteiger partial charge in [-0.2, -0.15) is 0 Å². The first-order chi connectivity index (χ1) is 10.1. The van der Waals surface area contributed by atoms with Gasteiger partial charge < -0.3 is 15.0 Å². The lowest BCUT2D eigenvalue weighted by atomic mass is 10.1. The molecule has 0 aromatic heterocycles. The second-order valence-corrected chi connectivity index (χ2v) is 5.88. The molecular weight excluding hydrogens is 271 g/mol. The molecule has 0 unspecified atom stereocenters. The summed E-state index contributed by atoms with van der Waals surface area (Å²) in [5.41, 5.74) is 0.917. The van der Waals surface area contributed by atoms with Crippen molar-refractivity contribution in [2.24, 2.45) is 0 Å². The molecule has 5 heteroatoms. The van der Waals surface area contributed by atoms with Crippen molar-refractivity contribution in [1.29, 1.82) is 0 Å². The molecule has 2 fully saturated rings. The van der Waals surface area contributed by atoms with Gasteiger partial charge in [-0.15, -0.1) is 0 Å². The Morgan fingerprint density at radius 2 is 2.10 bits per heavy atom. The Balaban J connectivity index is 1.71. The molecular formula is C16H21FN2O2. The van der Waals surface area contributed by atoms with Gasteiger partial charge in [0.05, 0.1) is 18.7 Å². The number of ether oxygens (including phenoxy) is 1. The molecule has 0 aliphatic carbocycles. The number of hydrogen-bond donors (Lipinski definition) is 1. The first kappa shape index (κ1) is 14.5. The molecule has 2 heterocycles. The summed E-state index contributed by atoms with van der Waals surface area (Å²) in [4.78, 5) is 14.4. The van der Waals surface area contributed by atoms with Gasteiger partial charge in [0.1, 0.15) is 11.9 Å². The number of carbonyl (C=O) groups is 1. The van der Waals surface area contributed by atoms with E-state index in [1.54, 1.807) is 12.1 Å². The Hall–Kier alpha value is -1.46. The summed E-state index contributed by atoms with van der Waals surface area (Å²) in [7, 11) is 0. The lowest BCUT2D eigenvalue weighted by Gasteiger charge is -2.38. The van der Waals surface area contributed by atoms with Crippen molar-refractivity contribution in [3.63, 3.8) is 0 Å². The molecule has 1 aromatic rings. The smallest absolute Gasteiger partial charge is 0.239 e. The minimum atomic E-state index is -0.259. The van der Waals surface area contributed by atoms with Gasteiger partial charge in [0.25, 0.3) is 0 Å². The molecule has 0 bridgehead atoms. The molecule has 1 aromatic carbocycles. The van der Waals surface area contributed by atoms with Gasteiger partial charge in [-0.25, -0.2) is 4.39 Å². The van der Waals surface area contributed by atoms with Crippen LogP contribution in [0, 0.1) is 5.82 Å². The summed E-state index contributed by atoms with van der Waals surface area (Å²) >= 11 is 0. The number of halogens is 1. The summed E-state index contributed by atoms with van der Waals surface area (Å²) < 4.78 is 18.9. The van der Waals surface area contributed by atoms with Crippen LogP contribution in [0.4, 0.5) is 4.39 Å². The molecule has 0 saturated carbocycles. The van der Waals surface area contributed by atoms with Crippen molar-refractivity contribution in [2.75, 3.05) is 19.6 Å². The number of amides is 1. The van der Waals surface area contributed by atoms with Gasteiger partial charge in [0, 0.05) is 6.54 Å². The summed E-state index contributed by atoms with van der Waals surface area (Å²) in [6.07, 6.45) is 1.77. The summed E-state index contributed by atoms with van der Waals surface area (Å²) in [5.74, 6) is -0.0968. The average molecular weight is 292 g/mol. The molecule has 0 radical (unpaired) electrons. The van der Waals surface area contributed by atoms with E-state index in [9.17, 15) is 9.18 Å². The molecule has 2 aliphatic rings. The van der Waals surface area contributed by atoms with E-state index in [0.717, 1.165) is 24.9 Å². The van der Waals surface area contributed by atoms with Crippen LogP contribution in [0.1, 0.15) is 31.4 Å². The molecule has 1 N–H and O–H groups in total. The molecule has 114 valence electrons. The van der Waals surface area contributed by atoms with E-state index in [4.69, 9.17) is 4.74 Å². The van der Waals surface area contributed by atoms with Crippen molar-refractivity contribution < 1.29 is 13.9 Å². The average Bonchev–Trinajstić information content (AvgIpc) is 3.00. The first-order valence-electron chi connectivity index (χ1n) is 7.56. The van der Waals surface area contributed by atoms with Gasteiger partial charge in [-0.1, -0.05) is 12.1 Å². The Morgan fingerprint density at radius 3 is 2.76 bits per heavy atom. The van der Waals surface area contributed by atoms with Crippen molar-refractivity contribution >= 4 is 5.91 Å². The number of hydrogen-bond acceptors (Lipinski definition) is 3. The van der Waals surface area contributed by atoms with Crippen molar-refractivity contribution in [3.8, 4) is 0 Å². The summed E-state index contributed by atoms with van der Waals surface area (Å²) in [6, 6.07) is 6.28. The van der Waals surface area contributed by atoms with Gasteiger partial charge in [-0.3, -0.25) is 4.79 Å². The second-order valence-electron chi connectivity index (χ2n) is 5.88. The van der Waals surface area contributed by atoms with Gasteiger partial charge in [0.15, 0.2) is 0 Å². The Labute approximate surface area is 124 Å². The fraction of sp³-hybridized carbons (Fsp3) is 0.562. The number of rotatable bonds is 2.